The molecule has 4 rings (SSSR count). The van der Waals surface area contributed by atoms with Crippen LogP contribution in [0.2, 0.25) is 0 Å². The molecule has 0 aromatic rings. The molecule has 162 valence electrons. The normalized spacial score (nSPS) is 42.7. The fraction of sp³-hybridized carbons (Fsp3) is 0.821. The molecule has 2 fully saturated rings. The summed E-state index contributed by atoms with van der Waals surface area (Å²) in [5, 5.41) is 0. The molecule has 0 spiro atoms. The zero-order valence-corrected chi connectivity index (χ0v) is 19.9. The smallest absolute Gasteiger partial charge is 0.156 e. The maximum Gasteiger partial charge on any atom is 0.156 e. The SMILES string of the molecule is CC1=CC2=CC(=O)CC[C@]2(C)C2CC[C@@]3(C)C(CC[C@@H]3C(C)CCCC(C)C)C12. The highest BCUT2D eigenvalue weighted by Crippen LogP contribution is 2.67. The van der Waals surface area contributed by atoms with E-state index in [1.165, 1.54) is 50.5 Å². The Hall–Kier alpha value is -0.850. The van der Waals surface area contributed by atoms with Gasteiger partial charge in [0.05, 0.1) is 0 Å². The zero-order chi connectivity index (χ0) is 21.0. The quantitative estimate of drug-likeness (QED) is 0.464. The fourth-order valence-corrected chi connectivity index (χ4v) is 8.40. The van der Waals surface area contributed by atoms with Crippen molar-refractivity contribution in [3.8, 4) is 0 Å². The molecule has 0 amide bonds. The van der Waals surface area contributed by atoms with E-state index in [9.17, 15) is 4.79 Å². The average Bonchev–Trinajstić information content (AvgIpc) is 3.00. The van der Waals surface area contributed by atoms with Crippen molar-refractivity contribution >= 4 is 5.78 Å². The maximum atomic E-state index is 12.1. The van der Waals surface area contributed by atoms with Crippen molar-refractivity contribution < 1.29 is 4.79 Å². The van der Waals surface area contributed by atoms with E-state index < -0.39 is 0 Å². The fourth-order valence-electron chi connectivity index (χ4n) is 8.40. The number of fused-ring (bicyclic) bond motifs is 5. The average molecular weight is 397 g/mol. The molecule has 0 N–H and O–H groups in total. The lowest BCUT2D eigenvalue weighted by Crippen LogP contribution is -2.50. The Bertz CT molecular complexity index is 712. The van der Waals surface area contributed by atoms with Gasteiger partial charge in [0, 0.05) is 6.42 Å². The summed E-state index contributed by atoms with van der Waals surface area (Å²) in [5.41, 5.74) is 3.70. The second-order valence-corrected chi connectivity index (χ2v) is 12.1. The third-order valence-corrected chi connectivity index (χ3v) is 10.1. The van der Waals surface area contributed by atoms with E-state index in [2.05, 4.69) is 47.6 Å². The van der Waals surface area contributed by atoms with Crippen LogP contribution in [0.3, 0.4) is 0 Å². The van der Waals surface area contributed by atoms with Crippen molar-refractivity contribution in [2.24, 2.45) is 46.3 Å². The zero-order valence-electron chi connectivity index (χ0n) is 19.9. The van der Waals surface area contributed by atoms with Crippen molar-refractivity contribution in [2.75, 3.05) is 0 Å². The number of carbonyl (C=O) groups is 1. The minimum atomic E-state index is 0.236. The highest BCUT2D eigenvalue weighted by molar-refractivity contribution is 5.92. The lowest BCUT2D eigenvalue weighted by molar-refractivity contribution is -0.116. The van der Waals surface area contributed by atoms with Crippen molar-refractivity contribution in [3.63, 3.8) is 0 Å². The lowest BCUT2D eigenvalue weighted by atomic mass is 9.46. The van der Waals surface area contributed by atoms with E-state index in [0.29, 0.717) is 11.2 Å². The summed E-state index contributed by atoms with van der Waals surface area (Å²) in [4.78, 5) is 12.1. The Balaban J connectivity index is 1.57. The largest absolute Gasteiger partial charge is 0.295 e. The molecule has 29 heavy (non-hydrogen) atoms. The Morgan fingerprint density at radius 3 is 2.48 bits per heavy atom. The van der Waals surface area contributed by atoms with E-state index >= 15 is 0 Å². The lowest BCUT2D eigenvalue weighted by Gasteiger charge is -2.58. The molecule has 0 aromatic heterocycles. The molecular formula is C28H44O. The Morgan fingerprint density at radius 1 is 1.00 bits per heavy atom. The second-order valence-electron chi connectivity index (χ2n) is 12.1. The molecular weight excluding hydrogens is 352 g/mol. The molecule has 0 bridgehead atoms. The van der Waals surface area contributed by atoms with Crippen LogP contribution in [-0.4, -0.2) is 5.78 Å². The molecule has 4 unspecified atom stereocenters. The number of rotatable bonds is 5. The Kier molecular flexibility index (Phi) is 5.67. The van der Waals surface area contributed by atoms with Gasteiger partial charge >= 0.3 is 0 Å². The van der Waals surface area contributed by atoms with Gasteiger partial charge in [0.2, 0.25) is 0 Å². The summed E-state index contributed by atoms with van der Waals surface area (Å²) in [6.45, 7) is 14.8. The van der Waals surface area contributed by atoms with Crippen LogP contribution in [0.25, 0.3) is 0 Å². The summed E-state index contributed by atoms with van der Waals surface area (Å²) < 4.78 is 0. The first-order valence-corrected chi connectivity index (χ1v) is 12.6. The van der Waals surface area contributed by atoms with Crippen molar-refractivity contribution in [1.82, 2.24) is 0 Å². The topological polar surface area (TPSA) is 17.1 Å². The molecule has 1 heteroatoms. The Morgan fingerprint density at radius 2 is 1.76 bits per heavy atom. The molecule has 0 aromatic carbocycles. The van der Waals surface area contributed by atoms with Gasteiger partial charge in [0.1, 0.15) is 0 Å². The van der Waals surface area contributed by atoms with E-state index in [1.807, 2.05) is 6.08 Å². The van der Waals surface area contributed by atoms with E-state index in [4.69, 9.17) is 0 Å². The van der Waals surface area contributed by atoms with Gasteiger partial charge in [-0.15, -0.1) is 0 Å². The predicted octanol–water partition coefficient (Wildman–Crippen LogP) is 7.76. The molecule has 2 saturated carbocycles. The van der Waals surface area contributed by atoms with Gasteiger partial charge in [-0.2, -0.15) is 0 Å². The van der Waals surface area contributed by atoms with Crippen LogP contribution in [-0.2, 0) is 4.79 Å². The van der Waals surface area contributed by atoms with Crippen LogP contribution < -0.4 is 0 Å². The van der Waals surface area contributed by atoms with Gasteiger partial charge in [-0.05, 0) is 97.0 Å². The number of carbonyl (C=O) groups excluding carboxylic acids is 1. The predicted molar refractivity (Wildman–Crippen MR) is 123 cm³/mol. The Labute approximate surface area is 179 Å². The third kappa shape index (κ3) is 3.49. The number of hydrogen-bond donors (Lipinski definition) is 0. The first-order valence-electron chi connectivity index (χ1n) is 12.6. The highest BCUT2D eigenvalue weighted by Gasteiger charge is 2.59. The molecule has 7 atom stereocenters. The third-order valence-electron chi connectivity index (χ3n) is 10.1. The molecule has 4 aliphatic rings. The maximum absolute atomic E-state index is 12.1. The first kappa shape index (κ1) is 21.4. The van der Waals surface area contributed by atoms with Crippen molar-refractivity contribution in [3.05, 3.63) is 23.3 Å². The van der Waals surface area contributed by atoms with Crippen LogP contribution in [0.4, 0.5) is 0 Å². The van der Waals surface area contributed by atoms with Crippen LogP contribution in [0.1, 0.15) is 99.3 Å². The monoisotopic (exact) mass is 396 g/mol. The van der Waals surface area contributed by atoms with Crippen molar-refractivity contribution in [2.45, 2.75) is 99.3 Å². The number of ketones is 1. The van der Waals surface area contributed by atoms with Crippen molar-refractivity contribution in [1.29, 1.82) is 0 Å². The summed E-state index contributed by atoms with van der Waals surface area (Å²) >= 11 is 0. The van der Waals surface area contributed by atoms with E-state index in [0.717, 1.165) is 48.3 Å². The summed E-state index contributed by atoms with van der Waals surface area (Å²) in [6, 6.07) is 0. The van der Waals surface area contributed by atoms with Crippen LogP contribution in [0, 0.1) is 46.3 Å². The van der Waals surface area contributed by atoms with E-state index in [-0.39, 0.29) is 5.41 Å². The number of allylic oxidation sites excluding steroid dienone is 4. The second kappa shape index (κ2) is 7.69. The first-order chi connectivity index (χ1) is 13.7. The van der Waals surface area contributed by atoms with Gasteiger partial charge in [-0.25, -0.2) is 0 Å². The molecule has 0 radical (unpaired) electrons. The van der Waals surface area contributed by atoms with Gasteiger partial charge in [-0.1, -0.05) is 65.5 Å². The highest BCUT2D eigenvalue weighted by atomic mass is 16.1. The molecule has 4 aliphatic carbocycles. The van der Waals surface area contributed by atoms with Crippen LogP contribution in [0.15, 0.2) is 23.3 Å². The van der Waals surface area contributed by atoms with Gasteiger partial charge in [0.25, 0.3) is 0 Å². The molecule has 0 saturated heterocycles. The summed E-state index contributed by atoms with van der Waals surface area (Å²) in [6.07, 6.45) is 16.1. The molecule has 0 heterocycles. The van der Waals surface area contributed by atoms with Gasteiger partial charge in [0.15, 0.2) is 5.78 Å². The summed E-state index contributed by atoms with van der Waals surface area (Å²) in [7, 11) is 0. The van der Waals surface area contributed by atoms with Crippen LogP contribution >= 0.6 is 0 Å². The number of hydrogen-bond acceptors (Lipinski definition) is 1. The summed E-state index contributed by atoms with van der Waals surface area (Å²) in [5.74, 6) is 5.31. The minimum absolute atomic E-state index is 0.236. The minimum Gasteiger partial charge on any atom is -0.295 e. The molecule has 0 aliphatic heterocycles. The molecule has 1 nitrogen and oxygen atoms in total. The van der Waals surface area contributed by atoms with Gasteiger partial charge in [-0.3, -0.25) is 4.79 Å². The van der Waals surface area contributed by atoms with E-state index in [1.54, 1.807) is 5.57 Å². The van der Waals surface area contributed by atoms with Gasteiger partial charge < -0.3 is 0 Å². The van der Waals surface area contributed by atoms with Crippen LogP contribution in [0.5, 0.6) is 0 Å². The standard InChI is InChI=1S/C28H44O/c1-18(2)8-7-9-19(3)23-10-11-24-26-20(4)16-21-17-22(29)12-14-27(21,5)25(26)13-15-28(23,24)6/h16-19,23-26H,7-15H2,1-6H3/t19?,23-,24?,25?,26?,27+,28-/m1/s1.